The number of ether oxygens (including phenoxy) is 13. The van der Waals surface area contributed by atoms with Crippen molar-refractivity contribution in [3.05, 3.63) is 0 Å². The molecule has 6 saturated heterocycles. The second-order valence-corrected chi connectivity index (χ2v) is 19.3. The lowest BCUT2D eigenvalue weighted by Crippen LogP contribution is -2.70. The molecule has 0 aromatic heterocycles. The number of amides is 1. The molecular weight excluding hydrogens is 1060 g/mol. The van der Waals surface area contributed by atoms with E-state index in [9.17, 15) is 102 Å². The molecule has 0 bridgehead atoms. The molecule has 0 aromatic rings. The van der Waals surface area contributed by atoms with Crippen LogP contribution in [0.4, 0.5) is 0 Å². The first-order chi connectivity index (χ1) is 36.5. The van der Waals surface area contributed by atoms with Crippen LogP contribution in [0.5, 0.6) is 0 Å². The number of nitrogens with one attached hydrogen (secondary N) is 1. The molecule has 19 N–H and O–H groups in total. The highest BCUT2D eigenvalue weighted by atomic mass is 16.9. The zero-order chi connectivity index (χ0) is 57.0. The van der Waals surface area contributed by atoms with Crippen molar-refractivity contribution >= 4 is 12.4 Å². The average Bonchev–Trinajstić information content (AvgIpc) is 3.42. The SMILES string of the molecule is CO[C@@H]1OC(CO)[C@@H](O[C@@H]2OC(CO)[C@H](O[C@H]3OC(CO)[C@H](O)[C@H](O[C@@H]4OC(CO)[C@H](O)[C@H](O[C@@H]5OC(CO)[C@H](O)[C@H](O[C@]6(OC=O)C[C@@H](O)[C@@H](C)C([C@H](O)[C@H](O)CO)O6)C5O)C4NC(C)=O)C3O)[C@H](O)C2O)[C@H](O)C1O. The summed E-state index contributed by atoms with van der Waals surface area (Å²) in [5, 5.41) is 197. The molecular formula is C43H73NO33. The number of aliphatic hydroxyl groups excluding tert-OH is 18. The first kappa shape index (κ1) is 63.9. The van der Waals surface area contributed by atoms with Crippen LogP contribution < -0.4 is 5.32 Å². The van der Waals surface area contributed by atoms with Gasteiger partial charge in [-0.15, -0.1) is 0 Å². The van der Waals surface area contributed by atoms with E-state index in [-0.39, 0.29) is 6.47 Å². The molecule has 77 heavy (non-hydrogen) atoms. The van der Waals surface area contributed by atoms with Crippen LogP contribution in [0.25, 0.3) is 0 Å². The molecule has 0 aliphatic carbocycles. The smallest absolute Gasteiger partial charge is 0.332 e. The monoisotopic (exact) mass is 1130 g/mol. The van der Waals surface area contributed by atoms with Gasteiger partial charge in [0, 0.05) is 20.0 Å². The van der Waals surface area contributed by atoms with Gasteiger partial charge in [-0.05, 0) is 0 Å². The average molecular weight is 1130 g/mol. The minimum absolute atomic E-state index is 0.212. The van der Waals surface area contributed by atoms with Crippen molar-refractivity contribution in [2.24, 2.45) is 5.92 Å². The standard InChI is InChI=1S/C43H73NO33/c1-12-14(53)4-43(66-11-51,76-32(12)22(55)15(54)5-45)77-37-25(58)18(8-48)69-42(31(37)64)74-35-21(44-13(2)52)38(67-16(6-46)23(35)56)75-36-24(57)17(7-47)68-41(30(36)63)73-34-20(10-50)71-40(29(62)27(34)60)72-33-19(9-49)70-39(65-3)28(61)26(33)59/h11-12,14-42,45-50,53-64H,4-10H2,1-3H3,(H,44,52)/t12-,14-,15-,16?,17?,18?,19?,20?,21?,22-,23+,24+,25+,26-,27-,28?,29?,30?,31?,32?,33-,34+,35-,36+,37+,38+,39-,40+,41-,42+,43+/m1/s1. The molecule has 0 radical (unpaired) electrons. The molecule has 34 nitrogen and oxygen atoms in total. The highest BCUT2D eigenvalue weighted by Crippen LogP contribution is 2.41. The maximum Gasteiger partial charge on any atom is 0.332 e. The minimum atomic E-state index is -2.79. The summed E-state index contributed by atoms with van der Waals surface area (Å²) in [6.45, 7) is -3.84. The Hall–Kier alpha value is -2.26. The number of aliphatic hydroxyl groups is 18. The van der Waals surface area contributed by atoms with E-state index in [1.54, 1.807) is 0 Å². The lowest BCUT2D eigenvalue weighted by atomic mass is 9.86. The van der Waals surface area contributed by atoms with Crippen LogP contribution in [0, 0.1) is 5.92 Å². The van der Waals surface area contributed by atoms with E-state index >= 15 is 0 Å². The van der Waals surface area contributed by atoms with Crippen molar-refractivity contribution in [1.29, 1.82) is 0 Å². The normalized spacial score (nSPS) is 48.6. The van der Waals surface area contributed by atoms with E-state index in [2.05, 4.69) is 5.32 Å². The molecule has 6 heterocycles. The van der Waals surface area contributed by atoms with Gasteiger partial charge >= 0.3 is 5.97 Å². The largest absolute Gasteiger partial charge is 0.410 e. The molecule has 6 fully saturated rings. The summed E-state index contributed by atoms with van der Waals surface area (Å²) >= 11 is 0. The molecule has 6 aliphatic heterocycles. The number of methoxy groups -OCH3 is 1. The maximum atomic E-state index is 12.8. The summed E-state index contributed by atoms with van der Waals surface area (Å²) in [6.07, 6.45) is -54.0. The van der Waals surface area contributed by atoms with Crippen molar-refractivity contribution in [2.75, 3.05) is 46.8 Å². The number of hydrogen-bond donors (Lipinski definition) is 19. The maximum absolute atomic E-state index is 12.8. The molecule has 31 atom stereocenters. The quantitative estimate of drug-likeness (QED) is 0.0354. The van der Waals surface area contributed by atoms with E-state index in [4.69, 9.17) is 61.6 Å². The Labute approximate surface area is 437 Å². The Kier molecular flexibility index (Phi) is 23.0. The highest BCUT2D eigenvalue weighted by Gasteiger charge is 2.60. The molecule has 1 amide bonds. The number of hydrogen-bond acceptors (Lipinski definition) is 33. The molecule has 0 aromatic carbocycles. The first-order valence-electron chi connectivity index (χ1n) is 24.5. The van der Waals surface area contributed by atoms with Crippen LogP contribution in [-0.4, -0.2) is 335 Å². The first-order valence-corrected chi connectivity index (χ1v) is 24.5. The van der Waals surface area contributed by atoms with E-state index < -0.39 is 242 Å². The molecule has 11 unspecified atom stereocenters. The molecule has 6 rings (SSSR count). The van der Waals surface area contributed by atoms with Crippen molar-refractivity contribution in [1.82, 2.24) is 5.32 Å². The van der Waals surface area contributed by atoms with Crippen LogP contribution in [0.3, 0.4) is 0 Å². The third kappa shape index (κ3) is 13.7. The Morgan fingerprint density at radius 2 is 0.987 bits per heavy atom. The van der Waals surface area contributed by atoms with E-state index in [1.165, 1.54) is 6.92 Å². The van der Waals surface area contributed by atoms with Crippen molar-refractivity contribution in [3.63, 3.8) is 0 Å². The summed E-state index contributed by atoms with van der Waals surface area (Å²) in [6, 6.07) is -1.85. The fourth-order valence-corrected chi connectivity index (χ4v) is 9.92. The summed E-state index contributed by atoms with van der Waals surface area (Å²) in [7, 11) is 1.15. The minimum Gasteiger partial charge on any atom is -0.410 e. The van der Waals surface area contributed by atoms with Gasteiger partial charge in [-0.1, -0.05) is 6.92 Å². The lowest BCUT2D eigenvalue weighted by Gasteiger charge is -2.51. The van der Waals surface area contributed by atoms with Crippen LogP contribution in [-0.2, 0) is 71.2 Å². The van der Waals surface area contributed by atoms with E-state index in [1.807, 2.05) is 0 Å². The van der Waals surface area contributed by atoms with Crippen LogP contribution in [0.2, 0.25) is 0 Å². The molecule has 6 aliphatic rings. The lowest BCUT2D eigenvalue weighted by molar-refractivity contribution is -0.448. The highest BCUT2D eigenvalue weighted by molar-refractivity contribution is 5.73. The Morgan fingerprint density at radius 3 is 1.47 bits per heavy atom. The summed E-state index contributed by atoms with van der Waals surface area (Å²) in [5.74, 6) is -4.74. The van der Waals surface area contributed by atoms with Crippen LogP contribution >= 0.6 is 0 Å². The summed E-state index contributed by atoms with van der Waals surface area (Å²) < 4.78 is 73.3. The molecule has 0 saturated carbocycles. The number of carbonyl (C=O) groups is 2. The van der Waals surface area contributed by atoms with E-state index in [0.717, 1.165) is 14.0 Å². The van der Waals surface area contributed by atoms with Gasteiger partial charge in [0.1, 0.15) is 134 Å². The summed E-state index contributed by atoms with van der Waals surface area (Å²) in [5.41, 5.74) is 0. The zero-order valence-corrected chi connectivity index (χ0v) is 41.5. The third-order valence-electron chi connectivity index (χ3n) is 14.3. The predicted octanol–water partition coefficient (Wildman–Crippen LogP) is -12.8. The van der Waals surface area contributed by atoms with Gasteiger partial charge in [-0.25, -0.2) is 0 Å². The fraction of sp³-hybridized carbons (Fsp3) is 0.953. The Bertz CT molecular complexity index is 1830. The molecule has 34 heteroatoms. The fourth-order valence-electron chi connectivity index (χ4n) is 9.92. The van der Waals surface area contributed by atoms with Gasteiger partial charge < -0.3 is 159 Å². The molecule has 0 spiro atoms. The van der Waals surface area contributed by atoms with Gasteiger partial charge in [0.05, 0.1) is 58.3 Å². The molecule has 448 valence electrons. The predicted molar refractivity (Wildman–Crippen MR) is 235 cm³/mol. The van der Waals surface area contributed by atoms with Crippen LogP contribution in [0.1, 0.15) is 20.3 Å². The van der Waals surface area contributed by atoms with E-state index in [0.29, 0.717) is 0 Å². The Balaban J connectivity index is 1.23. The number of carbonyl (C=O) groups excluding carboxylic acids is 2. The van der Waals surface area contributed by atoms with Crippen molar-refractivity contribution in [3.8, 4) is 0 Å². The second kappa shape index (κ2) is 27.7. The summed E-state index contributed by atoms with van der Waals surface area (Å²) in [4.78, 5) is 24.7. The van der Waals surface area contributed by atoms with Gasteiger partial charge in [-0.3, -0.25) is 9.59 Å². The van der Waals surface area contributed by atoms with Crippen LogP contribution in [0.15, 0.2) is 0 Å². The third-order valence-corrected chi connectivity index (χ3v) is 14.3. The second-order valence-electron chi connectivity index (χ2n) is 19.3. The van der Waals surface area contributed by atoms with Crippen molar-refractivity contribution < 1.29 is 163 Å². The van der Waals surface area contributed by atoms with Crippen molar-refractivity contribution in [2.45, 2.75) is 204 Å². The number of rotatable bonds is 22. The van der Waals surface area contributed by atoms with Gasteiger partial charge in [0.2, 0.25) is 5.91 Å². The van der Waals surface area contributed by atoms with Gasteiger partial charge in [0.25, 0.3) is 6.47 Å². The Morgan fingerprint density at radius 1 is 0.571 bits per heavy atom. The van der Waals surface area contributed by atoms with Gasteiger partial charge in [-0.2, -0.15) is 0 Å². The zero-order valence-electron chi connectivity index (χ0n) is 41.5. The topological polar surface area (TPSA) is 530 Å². The van der Waals surface area contributed by atoms with Gasteiger partial charge in [0.15, 0.2) is 31.5 Å².